The number of pyridine rings is 1. The van der Waals surface area contributed by atoms with Crippen molar-refractivity contribution in [2.24, 2.45) is 4.99 Å². The second-order valence-electron chi connectivity index (χ2n) is 7.93. The van der Waals surface area contributed by atoms with Crippen LogP contribution in [0.25, 0.3) is 5.69 Å². The summed E-state index contributed by atoms with van der Waals surface area (Å²) in [6, 6.07) is 20.8. The van der Waals surface area contributed by atoms with Crippen LogP contribution in [0, 0.1) is 0 Å². The van der Waals surface area contributed by atoms with Crippen LogP contribution in [-0.4, -0.2) is 4.57 Å². The molecule has 0 spiro atoms. The maximum atomic E-state index is 5.08. The van der Waals surface area contributed by atoms with Gasteiger partial charge in [-0.3, -0.25) is 0 Å². The van der Waals surface area contributed by atoms with Gasteiger partial charge in [-0.1, -0.05) is 71.0 Å². The average molecular weight is 359 g/mol. The van der Waals surface area contributed by atoms with E-state index < -0.39 is 0 Å². The SMILES string of the molecule is CCc1c(C(C)(C)C)cn(-c2ccccc2)c(=Nc2ccccc2)c1CC. The second-order valence-corrected chi connectivity index (χ2v) is 7.93. The highest BCUT2D eigenvalue weighted by atomic mass is 15.0. The third kappa shape index (κ3) is 4.05. The lowest BCUT2D eigenvalue weighted by atomic mass is 9.82. The Morgan fingerprint density at radius 3 is 1.85 bits per heavy atom. The van der Waals surface area contributed by atoms with E-state index in [9.17, 15) is 0 Å². The van der Waals surface area contributed by atoms with Gasteiger partial charge in [-0.15, -0.1) is 0 Å². The van der Waals surface area contributed by atoms with Gasteiger partial charge >= 0.3 is 0 Å². The summed E-state index contributed by atoms with van der Waals surface area (Å²) in [6.45, 7) is 11.4. The molecule has 0 bridgehead atoms. The summed E-state index contributed by atoms with van der Waals surface area (Å²) in [5.41, 5.74) is 7.44. The molecular formula is C25H30N2. The summed E-state index contributed by atoms with van der Waals surface area (Å²) in [4.78, 5) is 5.08. The van der Waals surface area contributed by atoms with Crippen molar-refractivity contribution in [3.05, 3.63) is 89.0 Å². The molecule has 1 heterocycles. The molecule has 0 unspecified atom stereocenters. The number of nitrogens with zero attached hydrogens (tertiary/aromatic N) is 2. The van der Waals surface area contributed by atoms with Gasteiger partial charge in [0.15, 0.2) is 0 Å². The minimum Gasteiger partial charge on any atom is -0.301 e. The molecule has 2 nitrogen and oxygen atoms in total. The summed E-state index contributed by atoms with van der Waals surface area (Å²) in [6.07, 6.45) is 4.28. The zero-order chi connectivity index (χ0) is 19.4. The summed E-state index contributed by atoms with van der Waals surface area (Å²) >= 11 is 0. The first kappa shape index (κ1) is 19.2. The van der Waals surface area contributed by atoms with E-state index in [0.717, 1.165) is 29.7 Å². The van der Waals surface area contributed by atoms with E-state index in [-0.39, 0.29) is 5.41 Å². The normalized spacial score (nSPS) is 12.4. The zero-order valence-corrected chi connectivity index (χ0v) is 17.2. The van der Waals surface area contributed by atoms with E-state index in [4.69, 9.17) is 4.99 Å². The summed E-state index contributed by atoms with van der Waals surface area (Å²) in [7, 11) is 0. The summed E-state index contributed by atoms with van der Waals surface area (Å²) in [5, 5.41) is 0. The van der Waals surface area contributed by atoms with E-state index >= 15 is 0 Å². The molecule has 0 aliphatic rings. The molecular weight excluding hydrogens is 328 g/mol. The van der Waals surface area contributed by atoms with E-state index in [2.05, 4.69) is 87.8 Å². The molecule has 1 aromatic heterocycles. The van der Waals surface area contributed by atoms with E-state index in [1.165, 1.54) is 16.7 Å². The lowest BCUT2D eigenvalue weighted by Crippen LogP contribution is -2.29. The Morgan fingerprint density at radius 1 is 0.778 bits per heavy atom. The Labute approximate surface area is 163 Å². The van der Waals surface area contributed by atoms with Crippen LogP contribution < -0.4 is 5.49 Å². The molecule has 0 fully saturated rings. The van der Waals surface area contributed by atoms with Crippen molar-refractivity contribution < 1.29 is 0 Å². The largest absolute Gasteiger partial charge is 0.301 e. The van der Waals surface area contributed by atoms with Gasteiger partial charge in [-0.25, -0.2) is 4.99 Å². The van der Waals surface area contributed by atoms with Crippen molar-refractivity contribution in [1.82, 2.24) is 4.57 Å². The first-order valence-corrected chi connectivity index (χ1v) is 9.88. The topological polar surface area (TPSA) is 17.3 Å². The predicted octanol–water partition coefficient (Wildman–Crippen LogP) is 6.13. The number of benzene rings is 2. The van der Waals surface area contributed by atoms with Crippen molar-refractivity contribution in [3.8, 4) is 5.69 Å². The highest BCUT2D eigenvalue weighted by Gasteiger charge is 2.22. The van der Waals surface area contributed by atoms with Crippen LogP contribution in [0.4, 0.5) is 5.69 Å². The molecule has 0 aliphatic carbocycles. The van der Waals surface area contributed by atoms with Crippen LogP contribution in [0.2, 0.25) is 0 Å². The molecule has 0 amide bonds. The summed E-state index contributed by atoms with van der Waals surface area (Å²) < 4.78 is 2.27. The van der Waals surface area contributed by atoms with Gasteiger partial charge in [0.2, 0.25) is 0 Å². The number of hydrogen-bond donors (Lipinski definition) is 0. The monoisotopic (exact) mass is 358 g/mol. The van der Waals surface area contributed by atoms with E-state index in [1.54, 1.807) is 0 Å². The zero-order valence-electron chi connectivity index (χ0n) is 17.2. The molecule has 0 aliphatic heterocycles. The molecule has 2 heteroatoms. The second kappa shape index (κ2) is 7.96. The quantitative estimate of drug-likeness (QED) is 0.533. The van der Waals surface area contributed by atoms with Crippen molar-refractivity contribution in [3.63, 3.8) is 0 Å². The van der Waals surface area contributed by atoms with Gasteiger partial charge in [0.1, 0.15) is 5.49 Å². The Hall–Kier alpha value is -2.61. The smallest absolute Gasteiger partial charge is 0.141 e. The molecule has 0 saturated heterocycles. The van der Waals surface area contributed by atoms with Gasteiger partial charge in [-0.05, 0) is 59.2 Å². The Morgan fingerprint density at radius 2 is 1.33 bits per heavy atom. The maximum absolute atomic E-state index is 5.08. The number of para-hydroxylation sites is 2. The van der Waals surface area contributed by atoms with Gasteiger partial charge in [0.25, 0.3) is 0 Å². The third-order valence-electron chi connectivity index (χ3n) is 4.99. The molecule has 27 heavy (non-hydrogen) atoms. The molecule has 3 aromatic rings. The van der Waals surface area contributed by atoms with E-state index in [0.29, 0.717) is 0 Å². The standard InChI is InChI=1S/C25H30N2/c1-6-21-22(7-2)24(26-19-14-10-8-11-15-19)27(18-23(21)25(3,4)5)20-16-12-9-13-17-20/h8-18H,6-7H2,1-5H3. The lowest BCUT2D eigenvalue weighted by Gasteiger charge is -2.27. The minimum atomic E-state index is 0.0804. The van der Waals surface area contributed by atoms with Gasteiger partial charge in [0, 0.05) is 11.9 Å². The third-order valence-corrected chi connectivity index (χ3v) is 4.99. The fourth-order valence-corrected chi connectivity index (χ4v) is 3.66. The number of rotatable bonds is 4. The van der Waals surface area contributed by atoms with Gasteiger partial charge in [-0.2, -0.15) is 0 Å². The van der Waals surface area contributed by atoms with Crippen molar-refractivity contribution in [1.29, 1.82) is 0 Å². The molecule has 2 aromatic carbocycles. The van der Waals surface area contributed by atoms with Crippen molar-refractivity contribution in [2.75, 3.05) is 0 Å². The molecule has 0 atom stereocenters. The number of hydrogen-bond acceptors (Lipinski definition) is 1. The Kier molecular flexibility index (Phi) is 5.65. The van der Waals surface area contributed by atoms with Gasteiger partial charge in [0.05, 0.1) is 5.69 Å². The van der Waals surface area contributed by atoms with Gasteiger partial charge < -0.3 is 4.57 Å². The minimum absolute atomic E-state index is 0.0804. The lowest BCUT2D eigenvalue weighted by molar-refractivity contribution is 0.573. The Balaban J connectivity index is 2.44. The van der Waals surface area contributed by atoms with Crippen LogP contribution in [0.5, 0.6) is 0 Å². The van der Waals surface area contributed by atoms with Crippen molar-refractivity contribution >= 4 is 5.69 Å². The van der Waals surface area contributed by atoms with Crippen LogP contribution >= 0.6 is 0 Å². The van der Waals surface area contributed by atoms with Crippen LogP contribution in [0.15, 0.2) is 71.9 Å². The fraction of sp³-hybridized carbons (Fsp3) is 0.320. The highest BCUT2D eigenvalue weighted by molar-refractivity contribution is 5.44. The molecule has 140 valence electrons. The predicted molar refractivity (Wildman–Crippen MR) is 115 cm³/mol. The molecule has 0 saturated carbocycles. The first-order chi connectivity index (χ1) is 13.0. The number of aromatic nitrogens is 1. The van der Waals surface area contributed by atoms with Crippen LogP contribution in [0.3, 0.4) is 0 Å². The van der Waals surface area contributed by atoms with Crippen LogP contribution in [0.1, 0.15) is 51.3 Å². The molecule has 0 N–H and O–H groups in total. The summed E-state index contributed by atoms with van der Waals surface area (Å²) in [5.74, 6) is 0. The van der Waals surface area contributed by atoms with Crippen LogP contribution in [-0.2, 0) is 18.3 Å². The average Bonchev–Trinajstić information content (AvgIpc) is 2.68. The first-order valence-electron chi connectivity index (χ1n) is 9.88. The molecule has 0 radical (unpaired) electrons. The maximum Gasteiger partial charge on any atom is 0.141 e. The molecule has 3 rings (SSSR count). The van der Waals surface area contributed by atoms with E-state index in [1.807, 2.05) is 18.2 Å². The highest BCUT2D eigenvalue weighted by Crippen LogP contribution is 2.28. The van der Waals surface area contributed by atoms with Crippen molar-refractivity contribution in [2.45, 2.75) is 52.9 Å². The Bertz CT molecular complexity index is 959. The fourth-order valence-electron chi connectivity index (χ4n) is 3.66.